The highest BCUT2D eigenvalue weighted by molar-refractivity contribution is 9.10. The van der Waals surface area contributed by atoms with Gasteiger partial charge in [0.1, 0.15) is 10.3 Å². The molecule has 0 saturated heterocycles. The van der Waals surface area contributed by atoms with E-state index in [1.54, 1.807) is 0 Å². The molecule has 0 spiro atoms. The van der Waals surface area contributed by atoms with Gasteiger partial charge in [-0.1, -0.05) is 34.2 Å². The highest BCUT2D eigenvalue weighted by Gasteiger charge is 2.14. The maximum atomic E-state index is 12.8. The third kappa shape index (κ3) is 2.25. The zero-order valence-electron chi connectivity index (χ0n) is 9.85. The van der Waals surface area contributed by atoms with E-state index in [4.69, 9.17) is 12.2 Å². The van der Waals surface area contributed by atoms with E-state index in [1.807, 2.05) is 24.3 Å². The molecule has 3 rings (SSSR count). The molecule has 0 aliphatic rings. The fourth-order valence-electron chi connectivity index (χ4n) is 1.85. The van der Waals surface area contributed by atoms with Crippen molar-refractivity contribution in [2.45, 2.75) is 6.43 Å². The summed E-state index contributed by atoms with van der Waals surface area (Å²) < 4.78 is 28.1. The number of fused-ring (bicyclic) bond motifs is 1. The van der Waals surface area contributed by atoms with Crippen LogP contribution in [0.15, 0.2) is 34.9 Å². The number of hydrogen-bond acceptors (Lipinski definition) is 3. The van der Waals surface area contributed by atoms with Gasteiger partial charge in [0.15, 0.2) is 5.82 Å². The van der Waals surface area contributed by atoms with Crippen LogP contribution in [0.1, 0.15) is 12.2 Å². The molecule has 0 bridgehead atoms. The summed E-state index contributed by atoms with van der Waals surface area (Å²) in [5.41, 5.74) is 1.13. The Labute approximate surface area is 125 Å². The summed E-state index contributed by atoms with van der Waals surface area (Å²) in [7, 11) is 0. The van der Waals surface area contributed by atoms with Crippen LogP contribution >= 0.6 is 28.1 Å². The lowest BCUT2D eigenvalue weighted by atomic mass is 10.3. The maximum Gasteiger partial charge on any atom is 0.295 e. The van der Waals surface area contributed by atoms with Gasteiger partial charge in [-0.25, -0.2) is 18.4 Å². The van der Waals surface area contributed by atoms with E-state index < -0.39 is 12.2 Å². The second-order valence-electron chi connectivity index (χ2n) is 4.03. The molecule has 3 aromatic rings. The maximum absolute atomic E-state index is 12.8. The molecule has 0 amide bonds. The molecule has 8 heteroatoms. The predicted molar refractivity (Wildman–Crippen MR) is 76.7 cm³/mol. The number of hydrogen-bond donors (Lipinski definition) is 1. The van der Waals surface area contributed by atoms with Crippen molar-refractivity contribution >= 4 is 39.2 Å². The van der Waals surface area contributed by atoms with Crippen LogP contribution in [-0.4, -0.2) is 19.7 Å². The average Bonchev–Trinajstić information content (AvgIpc) is 2.83. The van der Waals surface area contributed by atoms with Gasteiger partial charge < -0.3 is 4.98 Å². The summed E-state index contributed by atoms with van der Waals surface area (Å²) in [6.07, 6.45) is -1.20. The lowest BCUT2D eigenvalue weighted by Gasteiger charge is -2.05. The summed E-state index contributed by atoms with van der Waals surface area (Å²) in [5, 5.41) is 4.71. The molecule has 1 N–H and O–H groups in total. The molecule has 4 nitrogen and oxygen atoms in total. The molecule has 0 fully saturated rings. The third-order valence-electron chi connectivity index (χ3n) is 2.73. The van der Waals surface area contributed by atoms with E-state index >= 15 is 0 Å². The van der Waals surface area contributed by atoms with Crippen LogP contribution in [0.2, 0.25) is 0 Å². The van der Waals surface area contributed by atoms with Crippen LogP contribution in [0.3, 0.4) is 0 Å². The number of aromatic amines is 1. The Morgan fingerprint density at radius 3 is 2.85 bits per heavy atom. The van der Waals surface area contributed by atoms with Crippen molar-refractivity contribution in [1.82, 2.24) is 19.7 Å². The standard InChI is InChI=1S/C12H7BrF2N4S/c13-6-2-1-3-7(4-6)19-11-8(5-16-19)12(20)18-10(17-11)9(14)15/h1-5,9H,(H,17,18,20). The van der Waals surface area contributed by atoms with Crippen LogP contribution in [-0.2, 0) is 0 Å². The summed E-state index contributed by atoms with van der Waals surface area (Å²) in [6, 6.07) is 7.34. The Morgan fingerprint density at radius 2 is 2.15 bits per heavy atom. The van der Waals surface area contributed by atoms with Gasteiger partial charge in [0.05, 0.1) is 17.3 Å². The smallest absolute Gasteiger partial charge is 0.295 e. The molecule has 0 radical (unpaired) electrons. The molecule has 2 aromatic heterocycles. The van der Waals surface area contributed by atoms with Gasteiger partial charge >= 0.3 is 0 Å². The summed E-state index contributed by atoms with van der Waals surface area (Å²) in [4.78, 5) is 6.26. The van der Waals surface area contributed by atoms with Gasteiger partial charge in [-0.3, -0.25) is 0 Å². The number of nitrogens with one attached hydrogen (secondary N) is 1. The van der Waals surface area contributed by atoms with E-state index in [0.717, 1.165) is 10.2 Å². The second-order valence-corrected chi connectivity index (χ2v) is 5.33. The number of halogens is 3. The van der Waals surface area contributed by atoms with Gasteiger partial charge in [-0.2, -0.15) is 5.10 Å². The van der Waals surface area contributed by atoms with Gasteiger partial charge in [0.2, 0.25) is 0 Å². The number of aromatic nitrogens is 4. The second kappa shape index (κ2) is 5.02. The lowest BCUT2D eigenvalue weighted by molar-refractivity contribution is 0.140. The Morgan fingerprint density at radius 1 is 1.35 bits per heavy atom. The van der Waals surface area contributed by atoms with Crippen molar-refractivity contribution in [3.05, 3.63) is 45.4 Å². The van der Waals surface area contributed by atoms with E-state index in [9.17, 15) is 8.78 Å². The average molecular weight is 357 g/mol. The summed E-state index contributed by atoms with van der Waals surface area (Å²) >= 11 is 8.38. The van der Waals surface area contributed by atoms with Gasteiger partial charge in [0, 0.05) is 4.47 Å². The number of H-pyrrole nitrogens is 1. The fourth-order valence-corrected chi connectivity index (χ4v) is 2.49. The van der Waals surface area contributed by atoms with Gasteiger partial charge in [-0.15, -0.1) is 0 Å². The molecule has 1 aromatic carbocycles. The molecule has 0 atom stereocenters. The van der Waals surface area contributed by atoms with Crippen molar-refractivity contribution in [2.24, 2.45) is 0 Å². The fraction of sp³-hybridized carbons (Fsp3) is 0.0833. The highest BCUT2D eigenvalue weighted by Crippen LogP contribution is 2.22. The Balaban J connectivity index is 2.30. The zero-order chi connectivity index (χ0) is 14.3. The lowest BCUT2D eigenvalue weighted by Crippen LogP contribution is -2.01. The summed E-state index contributed by atoms with van der Waals surface area (Å²) in [6.45, 7) is 0. The molecule has 0 saturated carbocycles. The number of benzene rings is 1. The molecule has 0 unspecified atom stereocenters. The van der Waals surface area contributed by atoms with Crippen molar-refractivity contribution < 1.29 is 8.78 Å². The first-order valence-electron chi connectivity index (χ1n) is 5.58. The molecular weight excluding hydrogens is 350 g/mol. The van der Waals surface area contributed by atoms with E-state index in [0.29, 0.717) is 11.0 Å². The number of alkyl halides is 2. The molecular formula is C12H7BrF2N4S. The monoisotopic (exact) mass is 356 g/mol. The Bertz CT molecular complexity index is 843. The van der Waals surface area contributed by atoms with Crippen LogP contribution in [0, 0.1) is 4.64 Å². The first kappa shape index (κ1) is 13.3. The van der Waals surface area contributed by atoms with Crippen molar-refractivity contribution in [3.63, 3.8) is 0 Å². The minimum absolute atomic E-state index is 0.107. The SMILES string of the molecule is FC(F)c1nc(=S)c2cnn(-c3cccc(Br)c3)c2[nH]1. The first-order valence-corrected chi connectivity index (χ1v) is 6.78. The van der Waals surface area contributed by atoms with E-state index in [1.165, 1.54) is 10.9 Å². The van der Waals surface area contributed by atoms with E-state index in [2.05, 4.69) is 31.0 Å². The minimum atomic E-state index is -2.72. The predicted octanol–water partition coefficient (Wildman–Crippen LogP) is 4.18. The summed E-state index contributed by atoms with van der Waals surface area (Å²) in [5.74, 6) is -0.459. The Kier molecular flexibility index (Phi) is 3.35. The quantitative estimate of drug-likeness (QED) is 0.700. The first-order chi connectivity index (χ1) is 9.56. The van der Waals surface area contributed by atoms with Crippen LogP contribution in [0.5, 0.6) is 0 Å². The van der Waals surface area contributed by atoms with Crippen LogP contribution in [0.4, 0.5) is 8.78 Å². The minimum Gasteiger partial charge on any atom is -0.323 e. The molecule has 0 aliphatic heterocycles. The number of nitrogens with zero attached hydrogens (tertiary/aromatic N) is 3. The zero-order valence-corrected chi connectivity index (χ0v) is 12.3. The molecule has 102 valence electrons. The van der Waals surface area contributed by atoms with Gasteiger partial charge in [0.25, 0.3) is 6.43 Å². The topological polar surface area (TPSA) is 46.5 Å². The van der Waals surface area contributed by atoms with Crippen molar-refractivity contribution in [1.29, 1.82) is 0 Å². The van der Waals surface area contributed by atoms with Crippen LogP contribution < -0.4 is 0 Å². The van der Waals surface area contributed by atoms with Crippen molar-refractivity contribution in [3.8, 4) is 5.69 Å². The molecule has 0 aliphatic carbocycles. The van der Waals surface area contributed by atoms with Crippen molar-refractivity contribution in [2.75, 3.05) is 0 Å². The third-order valence-corrected chi connectivity index (χ3v) is 3.53. The molecule has 20 heavy (non-hydrogen) atoms. The van der Waals surface area contributed by atoms with Crippen LogP contribution in [0.25, 0.3) is 16.7 Å². The number of rotatable bonds is 2. The highest BCUT2D eigenvalue weighted by atomic mass is 79.9. The largest absolute Gasteiger partial charge is 0.323 e. The van der Waals surface area contributed by atoms with E-state index in [-0.39, 0.29) is 4.64 Å². The normalized spacial score (nSPS) is 11.4. The molecule has 2 heterocycles. The van der Waals surface area contributed by atoms with Gasteiger partial charge in [-0.05, 0) is 18.2 Å². The Hall–Kier alpha value is -1.67.